The second-order valence-electron chi connectivity index (χ2n) is 8.24. The van der Waals surface area contributed by atoms with Gasteiger partial charge in [0.15, 0.2) is 0 Å². The topological polar surface area (TPSA) is 79.6 Å². The van der Waals surface area contributed by atoms with E-state index in [1.54, 1.807) is 12.1 Å². The lowest BCUT2D eigenvalue weighted by atomic mass is 9.74. The van der Waals surface area contributed by atoms with Crippen LogP contribution in [-0.4, -0.2) is 29.7 Å². The number of furan rings is 1. The molecule has 6 heteroatoms. The molecular weight excluding hydrogens is 344 g/mol. The van der Waals surface area contributed by atoms with Gasteiger partial charge in [0.1, 0.15) is 11.5 Å². The van der Waals surface area contributed by atoms with Crippen molar-refractivity contribution in [1.82, 2.24) is 10.2 Å². The molecule has 1 aliphatic heterocycles. The zero-order valence-corrected chi connectivity index (χ0v) is 15.9. The molecule has 0 unspecified atom stereocenters. The Labute approximate surface area is 157 Å². The summed E-state index contributed by atoms with van der Waals surface area (Å²) in [4.78, 5) is 38.1. The Kier molecular flexibility index (Phi) is 3.77. The molecule has 0 bridgehead atoms. The van der Waals surface area contributed by atoms with E-state index in [2.05, 4.69) is 19.2 Å². The normalized spacial score (nSPS) is 20.4. The van der Waals surface area contributed by atoms with Crippen LogP contribution in [0.1, 0.15) is 74.5 Å². The van der Waals surface area contributed by atoms with Crippen LogP contribution < -0.4 is 5.32 Å². The number of carbonyl (C=O) groups excluding carboxylic acids is 3. The predicted molar refractivity (Wildman–Crippen MR) is 98.6 cm³/mol. The van der Waals surface area contributed by atoms with Crippen LogP contribution in [0, 0.1) is 12.3 Å². The second-order valence-corrected chi connectivity index (χ2v) is 8.24. The monoisotopic (exact) mass is 366 g/mol. The lowest BCUT2D eigenvalue weighted by Crippen LogP contribution is -2.36. The molecule has 0 saturated heterocycles. The summed E-state index contributed by atoms with van der Waals surface area (Å²) in [6.07, 6.45) is 1.64. The average Bonchev–Trinajstić information content (AvgIpc) is 3.06. The number of carbonyl (C=O) groups is 3. The number of aryl methyl sites for hydroxylation is 1. The maximum atomic E-state index is 12.9. The Balaban J connectivity index is 1.62. The molecule has 0 spiro atoms. The smallest absolute Gasteiger partial charge is 0.261 e. The van der Waals surface area contributed by atoms with Crippen molar-refractivity contribution in [2.24, 2.45) is 5.41 Å². The van der Waals surface area contributed by atoms with Gasteiger partial charge in [-0.05, 0) is 43.0 Å². The Morgan fingerprint density at radius 1 is 1.19 bits per heavy atom. The van der Waals surface area contributed by atoms with E-state index in [0.29, 0.717) is 11.1 Å². The van der Waals surface area contributed by atoms with Gasteiger partial charge in [0, 0.05) is 24.6 Å². The molecule has 6 nitrogen and oxygen atoms in total. The van der Waals surface area contributed by atoms with Crippen LogP contribution in [0.3, 0.4) is 0 Å². The molecule has 27 heavy (non-hydrogen) atoms. The molecule has 1 atom stereocenters. The van der Waals surface area contributed by atoms with Crippen molar-refractivity contribution < 1.29 is 18.8 Å². The third-order valence-electron chi connectivity index (χ3n) is 5.39. The number of fused-ring (bicyclic) bond motifs is 2. The van der Waals surface area contributed by atoms with Gasteiger partial charge in [0.2, 0.25) is 0 Å². The standard InChI is InChI=1S/C21H22N2O4/c1-11-7-15-16(9-21(2,3)10-17(15)27-11)22-18(24)12-5-6-13-14(8-12)20(26)23(4)19(13)25/h5-8,16H,9-10H2,1-4H3,(H,22,24)/t16-/m1/s1. The molecule has 1 aromatic heterocycles. The van der Waals surface area contributed by atoms with Gasteiger partial charge in [-0.3, -0.25) is 19.3 Å². The summed E-state index contributed by atoms with van der Waals surface area (Å²) >= 11 is 0. The average molecular weight is 366 g/mol. The van der Waals surface area contributed by atoms with Crippen molar-refractivity contribution in [2.45, 2.75) is 39.7 Å². The van der Waals surface area contributed by atoms with E-state index >= 15 is 0 Å². The van der Waals surface area contributed by atoms with Crippen LogP contribution in [0.5, 0.6) is 0 Å². The van der Waals surface area contributed by atoms with Gasteiger partial charge in [0.05, 0.1) is 17.2 Å². The molecule has 4 rings (SSSR count). The predicted octanol–water partition coefficient (Wildman–Crippen LogP) is 3.26. The summed E-state index contributed by atoms with van der Waals surface area (Å²) in [5, 5.41) is 3.08. The minimum atomic E-state index is -0.379. The summed E-state index contributed by atoms with van der Waals surface area (Å²) in [7, 11) is 1.44. The maximum absolute atomic E-state index is 12.9. The molecular formula is C21H22N2O4. The van der Waals surface area contributed by atoms with E-state index in [1.807, 2.05) is 13.0 Å². The molecule has 1 N–H and O–H groups in total. The lowest BCUT2D eigenvalue weighted by Gasteiger charge is -2.34. The zero-order chi connectivity index (χ0) is 19.5. The third-order valence-corrected chi connectivity index (χ3v) is 5.39. The van der Waals surface area contributed by atoms with Gasteiger partial charge < -0.3 is 9.73 Å². The van der Waals surface area contributed by atoms with Gasteiger partial charge in [-0.15, -0.1) is 0 Å². The molecule has 0 fully saturated rings. The van der Waals surface area contributed by atoms with E-state index in [-0.39, 0.29) is 34.7 Å². The third kappa shape index (κ3) is 2.85. The first-order valence-electron chi connectivity index (χ1n) is 9.03. The fourth-order valence-electron chi connectivity index (χ4n) is 4.06. The van der Waals surface area contributed by atoms with Gasteiger partial charge in [-0.25, -0.2) is 0 Å². The molecule has 1 aromatic carbocycles. The molecule has 0 saturated carbocycles. The van der Waals surface area contributed by atoms with Crippen molar-refractivity contribution in [3.63, 3.8) is 0 Å². The first kappa shape index (κ1) is 17.5. The summed E-state index contributed by atoms with van der Waals surface area (Å²) in [6, 6.07) is 6.47. The van der Waals surface area contributed by atoms with Crippen molar-refractivity contribution in [3.05, 3.63) is 58.0 Å². The van der Waals surface area contributed by atoms with E-state index in [0.717, 1.165) is 34.8 Å². The number of imide groups is 1. The largest absolute Gasteiger partial charge is 0.466 e. The fraction of sp³-hybridized carbons (Fsp3) is 0.381. The first-order chi connectivity index (χ1) is 12.7. The summed E-state index contributed by atoms with van der Waals surface area (Å²) in [5.74, 6) is 0.776. The highest BCUT2D eigenvalue weighted by molar-refractivity contribution is 6.21. The number of benzene rings is 1. The summed E-state index contributed by atoms with van der Waals surface area (Å²) < 4.78 is 5.82. The SMILES string of the molecule is Cc1cc2c(o1)CC(C)(C)C[C@H]2NC(=O)c1ccc2c(c1)C(=O)N(C)C2=O. The molecule has 2 heterocycles. The van der Waals surface area contributed by atoms with E-state index in [4.69, 9.17) is 4.42 Å². The number of hydrogen-bond acceptors (Lipinski definition) is 4. The van der Waals surface area contributed by atoms with Crippen molar-refractivity contribution in [1.29, 1.82) is 0 Å². The minimum absolute atomic E-state index is 0.0122. The van der Waals surface area contributed by atoms with Crippen molar-refractivity contribution in [2.75, 3.05) is 7.05 Å². The Hall–Kier alpha value is -2.89. The van der Waals surface area contributed by atoms with Gasteiger partial charge >= 0.3 is 0 Å². The summed E-state index contributed by atoms with van der Waals surface area (Å²) in [6.45, 7) is 6.22. The lowest BCUT2D eigenvalue weighted by molar-refractivity contribution is 0.0692. The zero-order valence-electron chi connectivity index (χ0n) is 15.9. The number of hydrogen-bond donors (Lipinski definition) is 1. The molecule has 140 valence electrons. The van der Waals surface area contributed by atoms with E-state index < -0.39 is 0 Å². The highest BCUT2D eigenvalue weighted by Gasteiger charge is 2.37. The number of nitrogens with one attached hydrogen (secondary N) is 1. The van der Waals surface area contributed by atoms with Crippen LogP contribution >= 0.6 is 0 Å². The van der Waals surface area contributed by atoms with E-state index in [1.165, 1.54) is 13.1 Å². The second kappa shape index (κ2) is 5.81. The fourth-order valence-corrected chi connectivity index (χ4v) is 4.06. The number of amides is 3. The highest BCUT2D eigenvalue weighted by atomic mass is 16.3. The highest BCUT2D eigenvalue weighted by Crippen LogP contribution is 2.42. The van der Waals surface area contributed by atoms with Crippen LogP contribution in [0.4, 0.5) is 0 Å². The van der Waals surface area contributed by atoms with Gasteiger partial charge in [-0.1, -0.05) is 13.8 Å². The van der Waals surface area contributed by atoms with Crippen molar-refractivity contribution in [3.8, 4) is 0 Å². The Morgan fingerprint density at radius 2 is 1.89 bits per heavy atom. The number of rotatable bonds is 2. The summed E-state index contributed by atoms with van der Waals surface area (Å²) in [5.41, 5.74) is 2.02. The molecule has 3 amide bonds. The number of nitrogens with zero attached hydrogens (tertiary/aromatic N) is 1. The first-order valence-corrected chi connectivity index (χ1v) is 9.03. The Morgan fingerprint density at radius 3 is 2.63 bits per heavy atom. The maximum Gasteiger partial charge on any atom is 0.261 e. The van der Waals surface area contributed by atoms with Crippen LogP contribution in [0.2, 0.25) is 0 Å². The minimum Gasteiger partial charge on any atom is -0.466 e. The van der Waals surface area contributed by atoms with Crippen LogP contribution in [0.15, 0.2) is 28.7 Å². The quantitative estimate of drug-likeness (QED) is 0.828. The van der Waals surface area contributed by atoms with Crippen molar-refractivity contribution >= 4 is 17.7 Å². The van der Waals surface area contributed by atoms with Crippen LogP contribution in [-0.2, 0) is 6.42 Å². The molecule has 2 aliphatic rings. The van der Waals surface area contributed by atoms with E-state index in [9.17, 15) is 14.4 Å². The Bertz CT molecular complexity index is 986. The van der Waals surface area contributed by atoms with Gasteiger partial charge in [0.25, 0.3) is 17.7 Å². The molecule has 2 aromatic rings. The molecule has 1 aliphatic carbocycles. The van der Waals surface area contributed by atoms with Gasteiger partial charge in [-0.2, -0.15) is 0 Å². The van der Waals surface area contributed by atoms with Crippen LogP contribution in [0.25, 0.3) is 0 Å². The molecule has 0 radical (unpaired) electrons.